The van der Waals surface area contributed by atoms with Crippen LogP contribution in [0.4, 0.5) is 0 Å². The van der Waals surface area contributed by atoms with Crippen LogP contribution in [0.25, 0.3) is 0 Å². The Labute approximate surface area is 165 Å². The van der Waals surface area contributed by atoms with Gasteiger partial charge in [0.1, 0.15) is 0 Å². The lowest BCUT2D eigenvalue weighted by molar-refractivity contribution is 0.0475. The number of imide groups is 1. The van der Waals surface area contributed by atoms with E-state index in [1.54, 1.807) is 13.2 Å². The molecule has 0 atom stereocenters. The Balaban J connectivity index is 1.67. The number of ketones is 1. The first-order valence-electron chi connectivity index (χ1n) is 8.68. The average Bonchev–Trinajstić information content (AvgIpc) is 3.23. The fraction of sp³-hybridized carbons (Fsp3) is 0.300. The Morgan fingerprint density at radius 3 is 2.50 bits per heavy atom. The van der Waals surface area contributed by atoms with Crippen LogP contribution in [0.5, 0.6) is 0 Å². The van der Waals surface area contributed by atoms with Gasteiger partial charge in [0.15, 0.2) is 6.61 Å². The molecule has 0 spiro atoms. The van der Waals surface area contributed by atoms with Crippen molar-refractivity contribution in [2.45, 2.75) is 13.3 Å². The number of nitrogens with zero attached hydrogens (tertiary/aromatic N) is 1. The highest BCUT2D eigenvalue weighted by Gasteiger charge is 2.35. The fourth-order valence-electron chi connectivity index (χ4n) is 2.86. The smallest absolute Gasteiger partial charge is 0.338 e. The fourth-order valence-corrected chi connectivity index (χ4v) is 3.65. The summed E-state index contributed by atoms with van der Waals surface area (Å²) in [6, 6.07) is 7.71. The number of amides is 2. The van der Waals surface area contributed by atoms with Crippen LogP contribution in [0.3, 0.4) is 0 Å². The van der Waals surface area contributed by atoms with E-state index in [-0.39, 0.29) is 41.5 Å². The second kappa shape index (κ2) is 8.45. The van der Waals surface area contributed by atoms with E-state index in [1.807, 2.05) is 13.0 Å². The third kappa shape index (κ3) is 4.02. The molecule has 2 aromatic rings. The SMILES string of the molecule is COCCCN1C(=O)c2ccc(C(=O)OCC(=O)c3ccc(C)s3)cc2C1=O. The summed E-state index contributed by atoms with van der Waals surface area (Å²) in [5.41, 5.74) is 0.537. The molecule has 7 nitrogen and oxygen atoms in total. The molecular formula is C20H19NO6S. The predicted octanol–water partition coefficient (Wildman–Crippen LogP) is 2.73. The quantitative estimate of drug-likeness (QED) is 0.292. The molecule has 0 aliphatic carbocycles. The van der Waals surface area contributed by atoms with Crippen LogP contribution in [0, 0.1) is 6.92 Å². The predicted molar refractivity (Wildman–Crippen MR) is 102 cm³/mol. The van der Waals surface area contributed by atoms with Crippen LogP contribution in [-0.2, 0) is 9.47 Å². The molecule has 1 aliphatic rings. The first kappa shape index (κ1) is 19.9. The summed E-state index contributed by atoms with van der Waals surface area (Å²) in [6.45, 7) is 2.18. The average molecular weight is 401 g/mol. The van der Waals surface area contributed by atoms with E-state index in [4.69, 9.17) is 9.47 Å². The van der Waals surface area contributed by atoms with Gasteiger partial charge in [0.05, 0.1) is 21.6 Å². The van der Waals surface area contributed by atoms with Gasteiger partial charge in [-0.25, -0.2) is 4.79 Å². The maximum atomic E-state index is 12.5. The largest absolute Gasteiger partial charge is 0.454 e. The first-order valence-corrected chi connectivity index (χ1v) is 9.50. The van der Waals surface area contributed by atoms with Gasteiger partial charge in [0, 0.05) is 25.1 Å². The minimum Gasteiger partial charge on any atom is -0.454 e. The zero-order chi connectivity index (χ0) is 20.3. The highest BCUT2D eigenvalue weighted by atomic mass is 32.1. The molecule has 8 heteroatoms. The van der Waals surface area contributed by atoms with Crippen molar-refractivity contribution in [1.29, 1.82) is 0 Å². The van der Waals surface area contributed by atoms with Crippen LogP contribution < -0.4 is 0 Å². The normalized spacial score (nSPS) is 13.0. The highest BCUT2D eigenvalue weighted by Crippen LogP contribution is 2.24. The standard InChI is InChI=1S/C20H19NO6S/c1-12-4-7-17(28-12)16(22)11-27-20(25)13-5-6-14-15(10-13)19(24)21(18(14)23)8-3-9-26-2/h4-7,10H,3,8-9,11H2,1-2H3. The van der Waals surface area contributed by atoms with E-state index < -0.39 is 11.9 Å². The molecule has 2 amide bonds. The number of carbonyl (C=O) groups excluding carboxylic acids is 4. The Hall–Kier alpha value is -2.84. The summed E-state index contributed by atoms with van der Waals surface area (Å²) < 4.78 is 10.0. The Morgan fingerprint density at radius 2 is 1.82 bits per heavy atom. The topological polar surface area (TPSA) is 90.0 Å². The lowest BCUT2D eigenvalue weighted by Crippen LogP contribution is -2.31. The van der Waals surface area contributed by atoms with Gasteiger partial charge < -0.3 is 9.47 Å². The zero-order valence-electron chi connectivity index (χ0n) is 15.5. The Bertz CT molecular complexity index is 948. The molecule has 28 heavy (non-hydrogen) atoms. The number of thiophene rings is 1. The van der Waals surface area contributed by atoms with Crippen molar-refractivity contribution >= 4 is 34.9 Å². The second-order valence-corrected chi connectivity index (χ2v) is 7.57. The van der Waals surface area contributed by atoms with Gasteiger partial charge in [-0.05, 0) is 43.7 Å². The van der Waals surface area contributed by atoms with Gasteiger partial charge in [0.25, 0.3) is 11.8 Å². The number of ether oxygens (including phenoxy) is 2. The zero-order valence-corrected chi connectivity index (χ0v) is 16.3. The van der Waals surface area contributed by atoms with Crippen LogP contribution in [0.2, 0.25) is 0 Å². The summed E-state index contributed by atoms with van der Waals surface area (Å²) in [5.74, 6) is -1.85. The molecule has 0 fully saturated rings. The van der Waals surface area contributed by atoms with Gasteiger partial charge in [-0.2, -0.15) is 0 Å². The number of hydrogen-bond donors (Lipinski definition) is 0. The van der Waals surface area contributed by atoms with Crippen molar-refractivity contribution in [3.63, 3.8) is 0 Å². The molecule has 1 aromatic carbocycles. The van der Waals surface area contributed by atoms with E-state index >= 15 is 0 Å². The molecule has 0 N–H and O–H groups in total. The molecule has 0 unspecified atom stereocenters. The Morgan fingerprint density at radius 1 is 1.07 bits per heavy atom. The number of aryl methyl sites for hydroxylation is 1. The maximum Gasteiger partial charge on any atom is 0.338 e. The second-order valence-electron chi connectivity index (χ2n) is 6.28. The molecule has 0 saturated heterocycles. The minimum absolute atomic E-state index is 0.119. The van der Waals surface area contributed by atoms with Gasteiger partial charge in [-0.1, -0.05) is 0 Å². The molecule has 146 valence electrons. The number of hydrogen-bond acceptors (Lipinski definition) is 7. The van der Waals surface area contributed by atoms with Crippen LogP contribution in [-0.4, -0.2) is 55.3 Å². The van der Waals surface area contributed by atoms with E-state index in [1.165, 1.54) is 29.5 Å². The number of methoxy groups -OCH3 is 1. The van der Waals surface area contributed by atoms with Crippen LogP contribution in [0.15, 0.2) is 30.3 Å². The lowest BCUT2D eigenvalue weighted by Gasteiger charge is -2.12. The molecule has 3 rings (SSSR count). The molecule has 1 aromatic heterocycles. The molecule has 1 aliphatic heterocycles. The van der Waals surface area contributed by atoms with Crippen molar-refractivity contribution in [3.05, 3.63) is 56.8 Å². The number of rotatable bonds is 8. The van der Waals surface area contributed by atoms with E-state index in [9.17, 15) is 19.2 Å². The van der Waals surface area contributed by atoms with Crippen molar-refractivity contribution < 1.29 is 28.7 Å². The van der Waals surface area contributed by atoms with E-state index in [2.05, 4.69) is 0 Å². The van der Waals surface area contributed by atoms with Gasteiger partial charge in [-0.3, -0.25) is 19.3 Å². The van der Waals surface area contributed by atoms with Crippen molar-refractivity contribution in [1.82, 2.24) is 4.90 Å². The molecule has 0 bridgehead atoms. The summed E-state index contributed by atoms with van der Waals surface area (Å²) in [6.07, 6.45) is 0.529. The highest BCUT2D eigenvalue weighted by molar-refractivity contribution is 7.14. The van der Waals surface area contributed by atoms with E-state index in [0.717, 1.165) is 9.78 Å². The number of carbonyl (C=O) groups is 4. The third-order valence-corrected chi connectivity index (χ3v) is 5.33. The molecule has 0 saturated carbocycles. The van der Waals surface area contributed by atoms with Crippen LogP contribution >= 0.6 is 11.3 Å². The summed E-state index contributed by atoms with van der Waals surface area (Å²) in [4.78, 5) is 51.8. The number of fused-ring (bicyclic) bond motifs is 1. The van der Waals surface area contributed by atoms with Gasteiger partial charge in [0.2, 0.25) is 5.78 Å². The lowest BCUT2D eigenvalue weighted by atomic mass is 10.1. The van der Waals surface area contributed by atoms with Crippen molar-refractivity contribution in [2.24, 2.45) is 0 Å². The number of esters is 1. The van der Waals surface area contributed by atoms with Crippen molar-refractivity contribution in [2.75, 3.05) is 26.9 Å². The molecule has 0 radical (unpaired) electrons. The Kier molecular flexibility index (Phi) is 6.01. The molecule has 2 heterocycles. The molecular weight excluding hydrogens is 382 g/mol. The van der Waals surface area contributed by atoms with Crippen LogP contribution in [0.1, 0.15) is 52.0 Å². The number of benzene rings is 1. The number of Topliss-reactive ketones (excluding diaryl/α,β-unsaturated/α-hetero) is 1. The van der Waals surface area contributed by atoms with E-state index in [0.29, 0.717) is 17.9 Å². The maximum absolute atomic E-state index is 12.5. The third-order valence-electron chi connectivity index (χ3n) is 4.29. The summed E-state index contributed by atoms with van der Waals surface area (Å²) >= 11 is 1.33. The minimum atomic E-state index is -0.720. The summed E-state index contributed by atoms with van der Waals surface area (Å²) in [5, 5.41) is 0. The van der Waals surface area contributed by atoms with Crippen molar-refractivity contribution in [3.8, 4) is 0 Å². The van der Waals surface area contributed by atoms with Gasteiger partial charge >= 0.3 is 5.97 Å². The first-order chi connectivity index (χ1) is 13.4. The summed E-state index contributed by atoms with van der Waals surface area (Å²) in [7, 11) is 1.55. The monoisotopic (exact) mass is 401 g/mol. The van der Waals surface area contributed by atoms with Gasteiger partial charge in [-0.15, -0.1) is 11.3 Å².